The predicted molar refractivity (Wildman–Crippen MR) is 108 cm³/mol. The van der Waals surface area contributed by atoms with Crippen LogP contribution < -0.4 is 10.6 Å². The Morgan fingerprint density at radius 1 is 1.13 bits per heavy atom. The monoisotopic (exact) mass is 438 g/mol. The van der Waals surface area contributed by atoms with Crippen LogP contribution in [0.3, 0.4) is 0 Å². The molecule has 3 N–H and O–H groups in total. The van der Waals surface area contributed by atoms with Gasteiger partial charge >= 0.3 is 0 Å². The maximum Gasteiger partial charge on any atom is 0.191 e. The fourth-order valence-corrected chi connectivity index (χ4v) is 3.38. The predicted octanol–water partition coefficient (Wildman–Crippen LogP) is 2.34. The van der Waals surface area contributed by atoms with E-state index in [0.29, 0.717) is 6.04 Å². The fraction of sp³-hybridized carbons (Fsp3) is 0.941. The Balaban J connectivity index is 0.00000264. The molecule has 2 aliphatic rings. The summed E-state index contributed by atoms with van der Waals surface area (Å²) in [6, 6.07) is 0.464. The van der Waals surface area contributed by atoms with E-state index in [1.54, 1.807) is 0 Å². The molecule has 0 aromatic carbocycles. The molecule has 136 valence electrons. The van der Waals surface area contributed by atoms with Gasteiger partial charge in [-0.15, -0.1) is 24.0 Å². The maximum atomic E-state index is 9.58. The molecule has 1 saturated heterocycles. The van der Waals surface area contributed by atoms with Gasteiger partial charge in [-0.25, -0.2) is 0 Å². The molecule has 23 heavy (non-hydrogen) atoms. The first-order valence-electron chi connectivity index (χ1n) is 9.23. The van der Waals surface area contributed by atoms with Crippen molar-refractivity contribution in [3.8, 4) is 0 Å². The number of rotatable bonds is 7. The molecule has 6 heteroatoms. The fourth-order valence-electron chi connectivity index (χ4n) is 3.38. The van der Waals surface area contributed by atoms with Crippen LogP contribution in [0, 0.1) is 0 Å². The van der Waals surface area contributed by atoms with E-state index in [-0.39, 0.29) is 30.1 Å². The van der Waals surface area contributed by atoms with E-state index in [4.69, 9.17) is 4.99 Å². The summed E-state index contributed by atoms with van der Waals surface area (Å²) in [5.74, 6) is 0.949. The second-order valence-electron chi connectivity index (χ2n) is 6.67. The molecule has 0 bridgehead atoms. The Bertz CT molecular complexity index is 327. The highest BCUT2D eigenvalue weighted by Crippen LogP contribution is 2.18. The first-order chi connectivity index (χ1) is 10.8. The zero-order valence-corrected chi connectivity index (χ0v) is 16.9. The lowest BCUT2D eigenvalue weighted by Gasteiger charge is -2.27. The zero-order chi connectivity index (χ0) is 15.6. The first kappa shape index (κ1) is 21.0. The summed E-state index contributed by atoms with van der Waals surface area (Å²) in [7, 11) is 0. The minimum atomic E-state index is -0.0943. The van der Waals surface area contributed by atoms with Crippen molar-refractivity contribution in [1.29, 1.82) is 0 Å². The van der Waals surface area contributed by atoms with Crippen LogP contribution in [0.1, 0.15) is 58.3 Å². The summed E-state index contributed by atoms with van der Waals surface area (Å²) in [4.78, 5) is 7.27. The molecular formula is C17H35IN4O. The number of likely N-dealkylation sites (tertiary alicyclic amines) is 1. The third-order valence-corrected chi connectivity index (χ3v) is 4.73. The number of nitrogens with zero attached hydrogens (tertiary/aromatic N) is 2. The Kier molecular flexibility index (Phi) is 11.2. The minimum Gasteiger partial charge on any atom is -0.393 e. The molecule has 0 radical (unpaired) electrons. The summed E-state index contributed by atoms with van der Waals surface area (Å²) in [5, 5.41) is 16.4. The second-order valence-corrected chi connectivity index (χ2v) is 6.67. The highest BCUT2D eigenvalue weighted by Gasteiger charge is 2.19. The van der Waals surface area contributed by atoms with Crippen LogP contribution in [0.15, 0.2) is 4.99 Å². The molecule has 1 heterocycles. The molecule has 0 aromatic rings. The van der Waals surface area contributed by atoms with Crippen LogP contribution in [-0.4, -0.2) is 60.8 Å². The summed E-state index contributed by atoms with van der Waals surface area (Å²) in [6.45, 7) is 7.73. The number of halogens is 1. The average molecular weight is 438 g/mol. The number of nitrogens with one attached hydrogen (secondary N) is 2. The molecule has 1 saturated carbocycles. The largest absolute Gasteiger partial charge is 0.393 e. The number of aliphatic hydroxyl groups excluding tert-OH is 1. The van der Waals surface area contributed by atoms with Crippen LogP contribution in [0.25, 0.3) is 0 Å². The van der Waals surface area contributed by atoms with Crippen molar-refractivity contribution in [3.63, 3.8) is 0 Å². The van der Waals surface area contributed by atoms with Crippen molar-refractivity contribution in [2.45, 2.75) is 70.4 Å². The summed E-state index contributed by atoms with van der Waals surface area (Å²) >= 11 is 0. The van der Waals surface area contributed by atoms with Gasteiger partial charge in [0.25, 0.3) is 0 Å². The van der Waals surface area contributed by atoms with E-state index in [1.807, 2.05) is 0 Å². The minimum absolute atomic E-state index is 0. The number of aliphatic hydroxyl groups is 1. The van der Waals surface area contributed by atoms with E-state index >= 15 is 0 Å². The molecule has 0 aromatic heterocycles. The van der Waals surface area contributed by atoms with E-state index in [2.05, 4.69) is 22.5 Å². The highest BCUT2D eigenvalue weighted by molar-refractivity contribution is 14.0. The molecule has 0 atom stereocenters. The highest BCUT2D eigenvalue weighted by atomic mass is 127. The van der Waals surface area contributed by atoms with Gasteiger partial charge in [-0.3, -0.25) is 4.99 Å². The quantitative estimate of drug-likeness (QED) is 0.247. The smallest absolute Gasteiger partial charge is 0.191 e. The summed E-state index contributed by atoms with van der Waals surface area (Å²) in [5.41, 5.74) is 0. The molecule has 0 spiro atoms. The van der Waals surface area contributed by atoms with Crippen molar-refractivity contribution in [1.82, 2.24) is 15.5 Å². The third-order valence-electron chi connectivity index (χ3n) is 4.73. The topological polar surface area (TPSA) is 59.9 Å². The molecule has 0 unspecified atom stereocenters. The lowest BCUT2D eigenvalue weighted by Crippen LogP contribution is -2.45. The first-order valence-corrected chi connectivity index (χ1v) is 9.23. The van der Waals surface area contributed by atoms with Crippen molar-refractivity contribution in [3.05, 3.63) is 0 Å². The van der Waals surface area contributed by atoms with Crippen molar-refractivity contribution in [2.75, 3.05) is 32.7 Å². The van der Waals surface area contributed by atoms with E-state index in [9.17, 15) is 5.11 Å². The van der Waals surface area contributed by atoms with Gasteiger partial charge < -0.3 is 20.6 Å². The molecular weight excluding hydrogens is 403 g/mol. The molecule has 2 fully saturated rings. The van der Waals surface area contributed by atoms with E-state index in [0.717, 1.165) is 51.2 Å². The zero-order valence-electron chi connectivity index (χ0n) is 14.6. The van der Waals surface area contributed by atoms with Crippen LogP contribution >= 0.6 is 24.0 Å². The number of aliphatic imine (C=N–C) groups is 1. The van der Waals surface area contributed by atoms with Gasteiger partial charge in [-0.2, -0.15) is 0 Å². The number of hydrogen-bond acceptors (Lipinski definition) is 3. The number of guanidine groups is 1. The normalized spacial score (nSPS) is 25.9. The standard InChI is InChI=1S/C17H34N4O.HI/c1-2-18-17(20-15-7-9-16(22)10-8-15)19-11-3-4-12-21-13-5-6-14-21;/h15-16,22H,2-14H2,1H3,(H2,18,19,20);1H. The molecule has 1 aliphatic heterocycles. The van der Waals surface area contributed by atoms with Gasteiger partial charge in [0.15, 0.2) is 5.96 Å². The van der Waals surface area contributed by atoms with Crippen LogP contribution in [0.4, 0.5) is 0 Å². The van der Waals surface area contributed by atoms with Gasteiger partial charge in [-0.05, 0) is 77.9 Å². The second kappa shape index (κ2) is 12.3. The molecule has 1 aliphatic carbocycles. The van der Waals surface area contributed by atoms with Crippen LogP contribution in [0.5, 0.6) is 0 Å². The summed E-state index contributed by atoms with van der Waals surface area (Å²) in [6.07, 6.45) is 8.98. The number of unbranched alkanes of at least 4 members (excludes halogenated alkanes) is 1. The van der Waals surface area contributed by atoms with E-state index < -0.39 is 0 Å². The molecule has 0 amide bonds. The van der Waals surface area contributed by atoms with Gasteiger partial charge in [0, 0.05) is 19.1 Å². The van der Waals surface area contributed by atoms with Crippen LogP contribution in [0.2, 0.25) is 0 Å². The van der Waals surface area contributed by atoms with Gasteiger partial charge in [0.2, 0.25) is 0 Å². The summed E-state index contributed by atoms with van der Waals surface area (Å²) < 4.78 is 0. The van der Waals surface area contributed by atoms with E-state index in [1.165, 1.54) is 38.9 Å². The van der Waals surface area contributed by atoms with Gasteiger partial charge in [-0.1, -0.05) is 0 Å². The molecule has 5 nitrogen and oxygen atoms in total. The molecule has 2 rings (SSSR count). The maximum absolute atomic E-state index is 9.58. The number of hydrogen-bond donors (Lipinski definition) is 3. The Morgan fingerprint density at radius 3 is 2.48 bits per heavy atom. The van der Waals surface area contributed by atoms with Gasteiger partial charge in [0.1, 0.15) is 0 Å². The Hall–Kier alpha value is -0.0800. The van der Waals surface area contributed by atoms with Crippen molar-refractivity contribution >= 4 is 29.9 Å². The van der Waals surface area contributed by atoms with Gasteiger partial charge in [0.05, 0.1) is 6.10 Å². The SMILES string of the molecule is CCNC(=NCCCCN1CCCC1)NC1CCC(O)CC1.I. The van der Waals surface area contributed by atoms with Crippen molar-refractivity contribution in [2.24, 2.45) is 4.99 Å². The Morgan fingerprint density at radius 2 is 1.83 bits per heavy atom. The third kappa shape index (κ3) is 8.54. The van der Waals surface area contributed by atoms with Crippen molar-refractivity contribution < 1.29 is 5.11 Å². The average Bonchev–Trinajstić information content (AvgIpc) is 3.02. The lowest BCUT2D eigenvalue weighted by atomic mass is 9.93. The Labute approximate surface area is 158 Å². The van der Waals surface area contributed by atoms with Crippen LogP contribution in [-0.2, 0) is 0 Å². The lowest BCUT2D eigenvalue weighted by molar-refractivity contribution is 0.120.